The molecule has 0 fully saturated rings. The van der Waals surface area contributed by atoms with E-state index in [0.29, 0.717) is 12.1 Å². The van der Waals surface area contributed by atoms with Crippen molar-refractivity contribution in [3.63, 3.8) is 0 Å². The summed E-state index contributed by atoms with van der Waals surface area (Å²) in [6.07, 6.45) is 0.177. The summed E-state index contributed by atoms with van der Waals surface area (Å²) in [6.45, 7) is 1.78. The monoisotopic (exact) mass is 318 g/mol. The molecule has 0 saturated carbocycles. The first-order chi connectivity index (χ1) is 11.1. The highest BCUT2D eigenvalue weighted by molar-refractivity contribution is 5.95. The van der Waals surface area contributed by atoms with Crippen LogP contribution in [-0.4, -0.2) is 28.8 Å². The van der Waals surface area contributed by atoms with Gasteiger partial charge in [0, 0.05) is 12.7 Å². The Morgan fingerprint density at radius 3 is 2.91 bits per heavy atom. The molecule has 4 nitrogen and oxygen atoms in total. The fraction of sp³-hybridized carbons (Fsp3) is 0.294. The number of rotatable bonds is 4. The van der Waals surface area contributed by atoms with Gasteiger partial charge in [-0.2, -0.15) is 0 Å². The van der Waals surface area contributed by atoms with Gasteiger partial charge in [-0.3, -0.25) is 9.78 Å². The number of carbonyl (C=O) groups is 1. The van der Waals surface area contributed by atoms with Crippen LogP contribution in [0, 0.1) is 0 Å². The quantitative estimate of drug-likeness (QED) is 0.867. The number of amides is 1. The molecule has 0 radical (unpaired) electrons. The number of nitrogens with zero attached hydrogens (tertiary/aromatic N) is 2. The van der Waals surface area contributed by atoms with Gasteiger partial charge in [-0.25, -0.2) is 8.78 Å². The van der Waals surface area contributed by atoms with Crippen molar-refractivity contribution in [2.75, 3.05) is 6.61 Å². The molecule has 0 unspecified atom stereocenters. The van der Waals surface area contributed by atoms with Gasteiger partial charge in [0.15, 0.2) is 0 Å². The van der Waals surface area contributed by atoms with Gasteiger partial charge < -0.3 is 9.64 Å². The third-order valence-corrected chi connectivity index (χ3v) is 3.91. The minimum atomic E-state index is -2.57. The zero-order valence-corrected chi connectivity index (χ0v) is 12.6. The van der Waals surface area contributed by atoms with Crippen molar-refractivity contribution < 1.29 is 18.3 Å². The van der Waals surface area contributed by atoms with Gasteiger partial charge >= 0.3 is 0 Å². The minimum Gasteiger partial charge on any atom is -0.486 e. The molecule has 1 aliphatic rings. The highest BCUT2D eigenvalue weighted by Crippen LogP contribution is 2.34. The molecule has 1 aromatic carbocycles. The van der Waals surface area contributed by atoms with Crippen LogP contribution in [0.5, 0.6) is 5.75 Å². The predicted octanol–water partition coefficient (Wildman–Crippen LogP) is 3.44. The van der Waals surface area contributed by atoms with Gasteiger partial charge in [0.1, 0.15) is 12.4 Å². The highest BCUT2D eigenvalue weighted by Gasteiger charge is 2.30. The van der Waals surface area contributed by atoms with E-state index >= 15 is 0 Å². The Bertz CT molecular complexity index is 721. The topological polar surface area (TPSA) is 42.4 Å². The molecule has 6 heteroatoms. The van der Waals surface area contributed by atoms with E-state index in [1.807, 2.05) is 31.2 Å². The minimum absolute atomic E-state index is 0.0376. The van der Waals surface area contributed by atoms with Crippen molar-refractivity contribution in [3.8, 4) is 5.75 Å². The van der Waals surface area contributed by atoms with Gasteiger partial charge in [-0.15, -0.1) is 0 Å². The summed E-state index contributed by atoms with van der Waals surface area (Å²) in [6, 6.07) is 9.31. The zero-order chi connectivity index (χ0) is 16.4. The van der Waals surface area contributed by atoms with Crippen LogP contribution in [0.3, 0.4) is 0 Å². The highest BCUT2D eigenvalue weighted by atomic mass is 19.3. The Balaban J connectivity index is 1.78. The summed E-state index contributed by atoms with van der Waals surface area (Å²) >= 11 is 0. The van der Waals surface area contributed by atoms with Gasteiger partial charge in [0.2, 0.25) is 0 Å². The molecule has 1 aliphatic heterocycles. The average molecular weight is 318 g/mol. The Labute approximate surface area is 132 Å². The molecule has 0 N–H and O–H groups in total. The van der Waals surface area contributed by atoms with Crippen LogP contribution in [0.1, 0.15) is 34.5 Å². The molecule has 23 heavy (non-hydrogen) atoms. The molecule has 0 saturated heterocycles. The van der Waals surface area contributed by atoms with Crippen LogP contribution in [0.2, 0.25) is 0 Å². The standard InChI is InChI=1S/C17H16F2N2O2/c1-11-15-5-3-2-4-12(15)9-21(11)17(22)13-6-14(8-20-7-13)23-10-16(18)19/h2-8,11,16H,9-10H2,1H3/t11-/m1/s1. The molecule has 120 valence electrons. The van der Waals surface area contributed by atoms with E-state index in [2.05, 4.69) is 4.98 Å². The van der Waals surface area contributed by atoms with Crippen LogP contribution < -0.4 is 4.74 Å². The SMILES string of the molecule is C[C@@H]1c2ccccc2CN1C(=O)c1cncc(OCC(F)F)c1. The first-order valence-corrected chi connectivity index (χ1v) is 7.31. The predicted molar refractivity (Wildman–Crippen MR) is 80.5 cm³/mol. The van der Waals surface area contributed by atoms with Crippen LogP contribution in [0.4, 0.5) is 8.78 Å². The third kappa shape index (κ3) is 3.16. The van der Waals surface area contributed by atoms with Crippen molar-refractivity contribution in [3.05, 3.63) is 59.4 Å². The van der Waals surface area contributed by atoms with E-state index in [4.69, 9.17) is 4.74 Å². The molecule has 2 aromatic rings. The van der Waals surface area contributed by atoms with Crippen LogP contribution in [-0.2, 0) is 6.54 Å². The number of carbonyl (C=O) groups excluding carboxylic acids is 1. The van der Waals surface area contributed by atoms with E-state index in [9.17, 15) is 13.6 Å². The molecular formula is C17H16F2N2O2. The Morgan fingerprint density at radius 2 is 2.17 bits per heavy atom. The van der Waals surface area contributed by atoms with E-state index in [-0.39, 0.29) is 17.7 Å². The van der Waals surface area contributed by atoms with E-state index in [0.717, 1.165) is 11.1 Å². The third-order valence-electron chi connectivity index (χ3n) is 3.91. The van der Waals surface area contributed by atoms with Crippen molar-refractivity contribution in [2.24, 2.45) is 0 Å². The van der Waals surface area contributed by atoms with Crippen molar-refractivity contribution in [2.45, 2.75) is 25.9 Å². The molecule has 0 spiro atoms. The summed E-state index contributed by atoms with van der Waals surface area (Å²) in [5, 5.41) is 0. The van der Waals surface area contributed by atoms with E-state index in [1.54, 1.807) is 4.90 Å². The number of pyridine rings is 1. The Hall–Kier alpha value is -2.50. The number of hydrogen-bond donors (Lipinski definition) is 0. The largest absolute Gasteiger partial charge is 0.486 e. The molecule has 1 aromatic heterocycles. The zero-order valence-electron chi connectivity index (χ0n) is 12.6. The maximum atomic E-state index is 12.7. The lowest BCUT2D eigenvalue weighted by molar-refractivity contribution is 0.0702. The van der Waals surface area contributed by atoms with Crippen LogP contribution in [0.15, 0.2) is 42.7 Å². The summed E-state index contributed by atoms with van der Waals surface area (Å²) < 4.78 is 29.3. The second kappa shape index (κ2) is 6.32. The van der Waals surface area contributed by atoms with Crippen LogP contribution >= 0.6 is 0 Å². The molecule has 1 atom stereocenters. The van der Waals surface area contributed by atoms with Gasteiger partial charge in [0.25, 0.3) is 12.3 Å². The Kier molecular flexibility index (Phi) is 4.23. The van der Waals surface area contributed by atoms with Crippen molar-refractivity contribution >= 4 is 5.91 Å². The van der Waals surface area contributed by atoms with Gasteiger partial charge in [-0.05, 0) is 24.1 Å². The number of hydrogen-bond acceptors (Lipinski definition) is 3. The lowest BCUT2D eigenvalue weighted by atomic mass is 10.1. The van der Waals surface area contributed by atoms with Gasteiger partial charge in [-0.1, -0.05) is 24.3 Å². The fourth-order valence-corrected chi connectivity index (χ4v) is 2.76. The number of benzene rings is 1. The first kappa shape index (κ1) is 15.4. The molecule has 3 rings (SSSR count). The van der Waals surface area contributed by atoms with Crippen LogP contribution in [0.25, 0.3) is 0 Å². The molecule has 0 aliphatic carbocycles. The fourth-order valence-electron chi connectivity index (χ4n) is 2.76. The lowest BCUT2D eigenvalue weighted by Crippen LogP contribution is -2.28. The van der Waals surface area contributed by atoms with Crippen molar-refractivity contribution in [1.29, 1.82) is 0 Å². The van der Waals surface area contributed by atoms with Gasteiger partial charge in [0.05, 0.1) is 17.8 Å². The second-order valence-electron chi connectivity index (χ2n) is 5.42. The number of halogens is 2. The number of fused-ring (bicyclic) bond motifs is 1. The number of ether oxygens (including phenoxy) is 1. The van der Waals surface area contributed by atoms with E-state index in [1.165, 1.54) is 18.5 Å². The maximum absolute atomic E-state index is 12.7. The average Bonchev–Trinajstić information content (AvgIpc) is 2.90. The molecule has 0 bridgehead atoms. The van der Waals surface area contributed by atoms with Crippen molar-refractivity contribution in [1.82, 2.24) is 9.88 Å². The number of alkyl halides is 2. The summed E-state index contributed by atoms with van der Waals surface area (Å²) in [4.78, 5) is 18.3. The maximum Gasteiger partial charge on any atom is 0.272 e. The first-order valence-electron chi connectivity index (χ1n) is 7.31. The van der Waals surface area contributed by atoms with E-state index < -0.39 is 13.0 Å². The Morgan fingerprint density at radius 1 is 1.39 bits per heavy atom. The summed E-state index contributed by atoms with van der Waals surface area (Å²) in [7, 11) is 0. The normalized spacial score (nSPS) is 16.5. The molecular weight excluding hydrogens is 302 g/mol. The molecule has 1 amide bonds. The smallest absolute Gasteiger partial charge is 0.272 e. The second-order valence-corrected chi connectivity index (χ2v) is 5.42. The number of aromatic nitrogens is 1. The lowest BCUT2D eigenvalue weighted by Gasteiger charge is -2.22. The summed E-state index contributed by atoms with van der Waals surface area (Å²) in [5.74, 6) is -0.0239. The summed E-state index contributed by atoms with van der Waals surface area (Å²) in [5.41, 5.74) is 2.57. The molecule has 2 heterocycles.